The summed E-state index contributed by atoms with van der Waals surface area (Å²) in [7, 11) is -1.06. The Morgan fingerprint density at radius 3 is 2.35 bits per heavy atom. The third kappa shape index (κ3) is 2.19. The summed E-state index contributed by atoms with van der Waals surface area (Å²) >= 11 is 1.02. The van der Waals surface area contributed by atoms with Crippen LogP contribution in [-0.4, -0.2) is 18.3 Å². The Kier molecular flexibility index (Phi) is 1.92. The molecule has 2 nitrogen and oxygen atoms in total. The summed E-state index contributed by atoms with van der Waals surface area (Å²) in [5.41, 5.74) is -1.32. The van der Waals surface area contributed by atoms with Crippen molar-refractivity contribution in [1.29, 1.82) is 0 Å². The minimum Gasteiger partial charge on any atom is -0.399 e. The van der Waals surface area contributed by atoms with E-state index in [2.05, 4.69) is 0 Å². The number of hydrogen-bond acceptors (Lipinski definition) is 3. The van der Waals surface area contributed by atoms with Crippen LogP contribution in [0.15, 0.2) is 54.4 Å². The Hall–Kier alpha value is -1.88. The molecular weight excluding hydrogens is 339 g/mol. The maximum Gasteiger partial charge on any atom is 0.495 e. The second-order valence-electron chi connectivity index (χ2n) is 7.39. The fourth-order valence-electron chi connectivity index (χ4n) is 3.13. The van der Waals surface area contributed by atoms with Crippen molar-refractivity contribution in [3.05, 3.63) is 54.4 Å². The Bertz CT molecular complexity index is 1600. The number of fused-ring (bicyclic) bond motifs is 5. The minimum atomic E-state index is -1.06. The van der Waals surface area contributed by atoms with E-state index >= 15 is 0 Å². The van der Waals surface area contributed by atoms with Crippen molar-refractivity contribution in [2.45, 2.75) is 38.9 Å². The highest BCUT2D eigenvalue weighted by atomic mass is 32.1. The number of hydrogen-bond donors (Lipinski definition) is 0. The topological polar surface area (TPSA) is 18.5 Å². The van der Waals surface area contributed by atoms with Crippen molar-refractivity contribution in [3.8, 4) is 0 Å². The average Bonchev–Trinajstić information content (AvgIpc) is 3.26. The maximum absolute atomic E-state index is 8.79. The molecule has 130 valence electrons. The zero-order chi connectivity index (χ0) is 25.9. The van der Waals surface area contributed by atoms with Gasteiger partial charge in [0.05, 0.1) is 23.5 Å². The van der Waals surface area contributed by atoms with E-state index in [1.54, 1.807) is 0 Å². The molecule has 0 N–H and O–H groups in total. The molecule has 1 aliphatic rings. The molecule has 4 heteroatoms. The van der Waals surface area contributed by atoms with Gasteiger partial charge < -0.3 is 9.31 Å². The van der Waals surface area contributed by atoms with Crippen LogP contribution in [0.1, 0.15) is 40.0 Å². The van der Waals surface area contributed by atoms with Crippen LogP contribution in [0.4, 0.5) is 0 Å². The number of rotatable bonds is 1. The summed E-state index contributed by atoms with van der Waals surface area (Å²) in [5.74, 6) is 0. The SMILES string of the molecule is [2H]c1c([2H])c(B2OC(C)(C)C(C)(C)O2)c2c(sc3c4c([2H])c([2H])c([2H])c([2H])c4c([2H])c([2H])c32)c1[2H]. The normalized spacial score (nSPS) is 23.8. The second kappa shape index (κ2) is 5.32. The van der Waals surface area contributed by atoms with Gasteiger partial charge >= 0.3 is 7.12 Å². The molecule has 0 atom stereocenters. The molecule has 1 aromatic heterocycles. The molecule has 0 bridgehead atoms. The van der Waals surface area contributed by atoms with Gasteiger partial charge in [0.25, 0.3) is 0 Å². The third-order valence-corrected chi connectivity index (χ3v) is 6.39. The van der Waals surface area contributed by atoms with Gasteiger partial charge in [-0.25, -0.2) is 0 Å². The molecule has 3 aromatic carbocycles. The fourth-order valence-corrected chi connectivity index (χ4v) is 4.26. The zero-order valence-corrected chi connectivity index (χ0v) is 15.6. The highest BCUT2D eigenvalue weighted by molar-refractivity contribution is 7.27. The smallest absolute Gasteiger partial charge is 0.399 e. The van der Waals surface area contributed by atoms with Crippen LogP contribution in [0, 0.1) is 0 Å². The zero-order valence-electron chi connectivity index (χ0n) is 23.8. The predicted octanol–water partition coefficient (Wildman–Crippen LogP) is 5.51. The molecule has 4 aromatic rings. The largest absolute Gasteiger partial charge is 0.495 e. The van der Waals surface area contributed by atoms with Gasteiger partial charge in [0, 0.05) is 20.2 Å². The van der Waals surface area contributed by atoms with E-state index in [-0.39, 0.29) is 68.0 Å². The molecule has 1 fully saturated rings. The van der Waals surface area contributed by atoms with Crippen LogP contribution in [0.2, 0.25) is 0 Å². The Morgan fingerprint density at radius 2 is 1.58 bits per heavy atom. The molecule has 0 spiro atoms. The molecule has 0 amide bonds. The maximum atomic E-state index is 8.79. The molecular formula is C22H21BO2S. The molecule has 5 rings (SSSR count). The predicted molar refractivity (Wildman–Crippen MR) is 113 cm³/mol. The first kappa shape index (κ1) is 9.36. The molecule has 0 aliphatic carbocycles. The van der Waals surface area contributed by atoms with Gasteiger partial charge in [-0.2, -0.15) is 0 Å². The van der Waals surface area contributed by atoms with Gasteiger partial charge in [0.1, 0.15) is 0 Å². The summed E-state index contributed by atoms with van der Waals surface area (Å²) < 4.78 is 89.0. The lowest BCUT2D eigenvalue weighted by molar-refractivity contribution is 0.00578. The van der Waals surface area contributed by atoms with Crippen LogP contribution < -0.4 is 5.46 Å². The summed E-state index contributed by atoms with van der Waals surface area (Å²) in [6.07, 6.45) is 0. The van der Waals surface area contributed by atoms with Crippen molar-refractivity contribution in [2.75, 3.05) is 0 Å². The quantitative estimate of drug-likeness (QED) is 0.412. The molecule has 0 radical (unpaired) electrons. The summed E-state index contributed by atoms with van der Waals surface area (Å²) in [5, 5.41) is 0.494. The fraction of sp³-hybridized carbons (Fsp3) is 0.273. The Morgan fingerprint density at radius 1 is 0.846 bits per heavy atom. The second-order valence-corrected chi connectivity index (χ2v) is 8.41. The minimum absolute atomic E-state index is 0.0686. The highest BCUT2D eigenvalue weighted by Crippen LogP contribution is 2.40. The van der Waals surface area contributed by atoms with E-state index in [1.165, 1.54) is 0 Å². The monoisotopic (exact) mass is 369 g/mol. The van der Waals surface area contributed by atoms with E-state index < -0.39 is 36.4 Å². The van der Waals surface area contributed by atoms with Crippen LogP contribution >= 0.6 is 11.3 Å². The van der Waals surface area contributed by atoms with Crippen LogP contribution in [0.5, 0.6) is 0 Å². The summed E-state index contributed by atoms with van der Waals surface area (Å²) in [4.78, 5) is 0. The van der Waals surface area contributed by atoms with Crippen LogP contribution in [0.3, 0.4) is 0 Å². The van der Waals surface area contributed by atoms with Gasteiger partial charge in [0.15, 0.2) is 0 Å². The van der Waals surface area contributed by atoms with E-state index in [4.69, 9.17) is 21.6 Å². The Labute approximate surface area is 170 Å². The van der Waals surface area contributed by atoms with Crippen molar-refractivity contribution in [2.24, 2.45) is 0 Å². The molecule has 2 heterocycles. The van der Waals surface area contributed by atoms with E-state index in [0.29, 0.717) is 4.70 Å². The van der Waals surface area contributed by atoms with E-state index in [0.717, 1.165) is 11.3 Å². The van der Waals surface area contributed by atoms with Crippen molar-refractivity contribution in [1.82, 2.24) is 0 Å². The molecule has 0 unspecified atom stereocenters. The first-order valence-corrected chi connectivity index (χ1v) is 9.14. The number of benzene rings is 3. The van der Waals surface area contributed by atoms with Crippen LogP contribution in [-0.2, 0) is 9.31 Å². The van der Waals surface area contributed by atoms with E-state index in [9.17, 15) is 0 Å². The lowest BCUT2D eigenvalue weighted by Crippen LogP contribution is -2.41. The third-order valence-electron chi connectivity index (χ3n) is 5.27. The molecule has 0 saturated carbocycles. The van der Waals surface area contributed by atoms with Crippen molar-refractivity contribution < 1.29 is 21.6 Å². The first-order chi connectivity index (χ1) is 16.1. The lowest BCUT2D eigenvalue weighted by atomic mass is 9.76. The molecule has 1 saturated heterocycles. The summed E-state index contributed by atoms with van der Waals surface area (Å²) in [6.45, 7) is 7.40. The lowest BCUT2D eigenvalue weighted by Gasteiger charge is -2.32. The van der Waals surface area contributed by atoms with Gasteiger partial charge in [-0.3, -0.25) is 0 Å². The van der Waals surface area contributed by atoms with Crippen molar-refractivity contribution in [3.63, 3.8) is 0 Å². The average molecular weight is 369 g/mol. The van der Waals surface area contributed by atoms with E-state index in [1.807, 2.05) is 27.7 Å². The van der Waals surface area contributed by atoms with Crippen LogP contribution in [0.25, 0.3) is 30.9 Å². The van der Waals surface area contributed by atoms with Crippen molar-refractivity contribution >= 4 is 54.9 Å². The number of thiophene rings is 1. The standard InChI is InChI=1S/C22H21BO2S/c1-21(2)22(3,4)25-23(24-21)17-10-7-11-18-19(17)16-13-12-14-8-5-6-9-15(14)20(16)26-18/h5-13H,1-4H3/i5D,6D,7D,8D,9D,10D,11D,12D,13D. The van der Waals surface area contributed by atoms with Gasteiger partial charge in [-0.15, -0.1) is 11.3 Å². The molecule has 1 aliphatic heterocycles. The first-order valence-electron chi connectivity index (χ1n) is 12.8. The summed E-state index contributed by atoms with van der Waals surface area (Å²) in [6, 6.07) is -3.18. The van der Waals surface area contributed by atoms with Gasteiger partial charge in [-0.1, -0.05) is 48.3 Å². The molecule has 26 heavy (non-hydrogen) atoms. The Balaban J connectivity index is 2.04. The van der Waals surface area contributed by atoms with Gasteiger partial charge in [0.2, 0.25) is 0 Å². The highest BCUT2D eigenvalue weighted by Gasteiger charge is 2.52. The van der Waals surface area contributed by atoms with Gasteiger partial charge in [-0.05, 0) is 50.0 Å².